The Bertz CT molecular complexity index is 1030. The summed E-state index contributed by atoms with van der Waals surface area (Å²) in [6.45, 7) is -0.197. The third-order valence-electron chi connectivity index (χ3n) is 4.96. The van der Waals surface area contributed by atoms with Gasteiger partial charge in [-0.15, -0.1) is 0 Å². The molecule has 2 unspecified atom stereocenters. The maximum atomic E-state index is 12.9. The molecule has 1 heterocycles. The fraction of sp³-hybridized carbons (Fsp3) is 0.280. The van der Waals surface area contributed by atoms with Crippen molar-refractivity contribution in [3.63, 3.8) is 0 Å². The fourth-order valence-corrected chi connectivity index (χ4v) is 3.24. The van der Waals surface area contributed by atoms with E-state index in [-0.39, 0.29) is 25.3 Å². The molecule has 3 N–H and O–H groups in total. The van der Waals surface area contributed by atoms with Gasteiger partial charge in [0.05, 0.1) is 20.5 Å². The normalized spacial score (nSPS) is 12.3. The van der Waals surface area contributed by atoms with Crippen LogP contribution in [0.1, 0.15) is 16.1 Å². The maximum Gasteiger partial charge on any atom is 0.287 e. The van der Waals surface area contributed by atoms with Crippen LogP contribution in [0.25, 0.3) is 0 Å². The number of benzene rings is 2. The largest absolute Gasteiger partial charge is 0.493 e. The van der Waals surface area contributed by atoms with Crippen LogP contribution >= 0.6 is 0 Å². The van der Waals surface area contributed by atoms with Gasteiger partial charge in [0, 0.05) is 13.0 Å². The molecule has 2 atom stereocenters. The number of carbonyl (C=O) groups is 2. The molecule has 34 heavy (non-hydrogen) atoms. The molecule has 180 valence electrons. The minimum absolute atomic E-state index is 0.0851. The lowest BCUT2D eigenvalue weighted by atomic mass is 10.0. The third kappa shape index (κ3) is 6.76. The Labute approximate surface area is 197 Å². The van der Waals surface area contributed by atoms with E-state index in [0.717, 1.165) is 5.56 Å². The number of rotatable bonds is 12. The molecule has 0 bridgehead atoms. The van der Waals surface area contributed by atoms with Crippen molar-refractivity contribution in [2.75, 3.05) is 27.4 Å². The van der Waals surface area contributed by atoms with Gasteiger partial charge in [-0.05, 0) is 29.8 Å². The van der Waals surface area contributed by atoms with Crippen LogP contribution in [0.3, 0.4) is 0 Å². The zero-order valence-corrected chi connectivity index (χ0v) is 19.0. The van der Waals surface area contributed by atoms with Crippen molar-refractivity contribution in [2.45, 2.75) is 18.6 Å². The van der Waals surface area contributed by atoms with Crippen molar-refractivity contribution in [3.05, 3.63) is 78.3 Å². The van der Waals surface area contributed by atoms with E-state index < -0.39 is 24.0 Å². The number of ether oxygens (including phenoxy) is 3. The van der Waals surface area contributed by atoms with Crippen LogP contribution in [0.5, 0.6) is 17.2 Å². The highest BCUT2D eigenvalue weighted by molar-refractivity contribution is 5.95. The molecule has 0 fully saturated rings. The van der Waals surface area contributed by atoms with E-state index in [0.29, 0.717) is 17.2 Å². The van der Waals surface area contributed by atoms with E-state index in [1.165, 1.54) is 26.5 Å². The van der Waals surface area contributed by atoms with Gasteiger partial charge in [0.2, 0.25) is 11.7 Å². The van der Waals surface area contributed by atoms with Gasteiger partial charge in [-0.1, -0.05) is 36.4 Å². The van der Waals surface area contributed by atoms with Crippen molar-refractivity contribution >= 4 is 11.8 Å². The first kappa shape index (κ1) is 24.7. The number of hydrogen-bond acceptors (Lipinski definition) is 7. The van der Waals surface area contributed by atoms with Crippen LogP contribution in [-0.2, 0) is 11.2 Å². The van der Waals surface area contributed by atoms with Crippen molar-refractivity contribution in [1.82, 2.24) is 10.6 Å². The van der Waals surface area contributed by atoms with Crippen LogP contribution in [0.2, 0.25) is 0 Å². The number of furan rings is 1. The summed E-state index contributed by atoms with van der Waals surface area (Å²) in [5.41, 5.74) is 0.870. The lowest BCUT2D eigenvalue weighted by Gasteiger charge is -2.20. The second-order valence-electron chi connectivity index (χ2n) is 7.39. The monoisotopic (exact) mass is 468 g/mol. The maximum absolute atomic E-state index is 12.9. The van der Waals surface area contributed by atoms with E-state index in [1.54, 1.807) is 24.3 Å². The number of methoxy groups -OCH3 is 2. The molecule has 0 radical (unpaired) electrons. The van der Waals surface area contributed by atoms with Crippen LogP contribution in [0.4, 0.5) is 0 Å². The molecule has 0 spiro atoms. The van der Waals surface area contributed by atoms with E-state index in [1.807, 2.05) is 30.3 Å². The van der Waals surface area contributed by atoms with E-state index in [2.05, 4.69) is 10.6 Å². The molecule has 0 aliphatic heterocycles. The Morgan fingerprint density at radius 2 is 1.68 bits per heavy atom. The molecule has 9 heteroatoms. The predicted octanol–water partition coefficient (Wildman–Crippen LogP) is 2.19. The highest BCUT2D eigenvalue weighted by Crippen LogP contribution is 2.36. The SMILES string of the molecule is COc1cccc(OC)c1OCC(O)CNC(=O)C(Cc1ccccc1)NC(=O)c1ccco1. The first-order chi connectivity index (χ1) is 16.5. The van der Waals surface area contributed by atoms with E-state index >= 15 is 0 Å². The first-order valence-corrected chi connectivity index (χ1v) is 10.7. The molecule has 0 aliphatic carbocycles. The van der Waals surface area contributed by atoms with Gasteiger partial charge in [-0.3, -0.25) is 9.59 Å². The number of hydrogen-bond donors (Lipinski definition) is 3. The van der Waals surface area contributed by atoms with Gasteiger partial charge < -0.3 is 34.4 Å². The Balaban J connectivity index is 1.59. The minimum Gasteiger partial charge on any atom is -0.493 e. The van der Waals surface area contributed by atoms with Crippen LogP contribution < -0.4 is 24.8 Å². The molecule has 1 aromatic heterocycles. The summed E-state index contributed by atoms with van der Waals surface area (Å²) in [6, 6.07) is 16.7. The van der Waals surface area contributed by atoms with Crippen molar-refractivity contribution in [1.29, 1.82) is 0 Å². The van der Waals surface area contributed by atoms with Crippen molar-refractivity contribution < 1.29 is 33.3 Å². The molecule has 9 nitrogen and oxygen atoms in total. The Hall–Kier alpha value is -3.98. The highest BCUT2D eigenvalue weighted by atomic mass is 16.5. The summed E-state index contributed by atoms with van der Waals surface area (Å²) in [5, 5.41) is 15.7. The van der Waals surface area contributed by atoms with E-state index in [4.69, 9.17) is 18.6 Å². The second kappa shape index (κ2) is 12.3. The Morgan fingerprint density at radius 1 is 0.971 bits per heavy atom. The second-order valence-corrected chi connectivity index (χ2v) is 7.39. The topological polar surface area (TPSA) is 119 Å². The molecule has 0 aliphatic rings. The molecular formula is C25H28N2O7. The molecule has 3 aromatic rings. The number of carbonyl (C=O) groups excluding carboxylic acids is 2. The standard InChI is InChI=1S/C25H28N2O7/c1-31-20-10-6-11-21(32-2)23(20)34-16-18(28)15-26-24(29)19(14-17-8-4-3-5-9-17)27-25(30)22-12-7-13-33-22/h3-13,18-19,28H,14-16H2,1-2H3,(H,26,29)(H,27,30). The number of nitrogens with one attached hydrogen (secondary N) is 2. The van der Waals surface area contributed by atoms with Gasteiger partial charge in [-0.25, -0.2) is 0 Å². The smallest absolute Gasteiger partial charge is 0.287 e. The number of amides is 2. The first-order valence-electron chi connectivity index (χ1n) is 10.7. The molecule has 3 rings (SSSR count). The zero-order valence-electron chi connectivity index (χ0n) is 19.0. The molecule has 0 saturated heterocycles. The number of aliphatic hydroxyl groups is 1. The quantitative estimate of drug-likeness (QED) is 0.373. The van der Waals surface area contributed by atoms with Crippen molar-refractivity contribution in [3.8, 4) is 17.2 Å². The molecule has 2 aromatic carbocycles. The van der Waals surface area contributed by atoms with Crippen LogP contribution in [-0.4, -0.2) is 56.4 Å². The summed E-state index contributed by atoms with van der Waals surface area (Å²) >= 11 is 0. The summed E-state index contributed by atoms with van der Waals surface area (Å²) < 4.78 is 21.3. The van der Waals surface area contributed by atoms with Gasteiger partial charge in [0.15, 0.2) is 17.3 Å². The number of para-hydroxylation sites is 1. The average Bonchev–Trinajstić information content (AvgIpc) is 3.41. The van der Waals surface area contributed by atoms with Gasteiger partial charge >= 0.3 is 0 Å². The lowest BCUT2D eigenvalue weighted by Crippen LogP contribution is -2.49. The van der Waals surface area contributed by atoms with Gasteiger partial charge in [0.1, 0.15) is 18.8 Å². The Kier molecular flexibility index (Phi) is 8.93. The summed E-state index contributed by atoms with van der Waals surface area (Å²) in [6.07, 6.45) is 0.634. The summed E-state index contributed by atoms with van der Waals surface area (Å²) in [7, 11) is 3.00. The van der Waals surface area contributed by atoms with E-state index in [9.17, 15) is 14.7 Å². The molecule has 2 amide bonds. The Morgan fingerprint density at radius 3 is 2.29 bits per heavy atom. The van der Waals surface area contributed by atoms with Crippen LogP contribution in [0.15, 0.2) is 71.3 Å². The molecular weight excluding hydrogens is 440 g/mol. The highest BCUT2D eigenvalue weighted by Gasteiger charge is 2.24. The van der Waals surface area contributed by atoms with Gasteiger partial charge in [-0.2, -0.15) is 0 Å². The van der Waals surface area contributed by atoms with Gasteiger partial charge in [0.25, 0.3) is 5.91 Å². The third-order valence-corrected chi connectivity index (χ3v) is 4.96. The zero-order chi connectivity index (χ0) is 24.3. The average molecular weight is 469 g/mol. The summed E-state index contributed by atoms with van der Waals surface area (Å²) in [4.78, 5) is 25.3. The van der Waals surface area contributed by atoms with Crippen molar-refractivity contribution in [2.24, 2.45) is 0 Å². The molecule has 0 saturated carbocycles. The lowest BCUT2D eigenvalue weighted by molar-refractivity contribution is -0.123. The predicted molar refractivity (Wildman–Crippen MR) is 124 cm³/mol. The van der Waals surface area contributed by atoms with Crippen LogP contribution in [0, 0.1) is 0 Å². The minimum atomic E-state index is -1.02. The number of aliphatic hydroxyl groups excluding tert-OH is 1. The summed E-state index contributed by atoms with van der Waals surface area (Å²) in [5.74, 6) is 0.416. The fourth-order valence-electron chi connectivity index (χ4n) is 3.24.